The first-order valence-corrected chi connectivity index (χ1v) is 9.49. The lowest BCUT2D eigenvalue weighted by Gasteiger charge is -2.10. The second-order valence-corrected chi connectivity index (χ2v) is 6.52. The van der Waals surface area contributed by atoms with Crippen molar-refractivity contribution >= 4 is 11.9 Å². The van der Waals surface area contributed by atoms with E-state index in [0.717, 1.165) is 25.9 Å². The van der Waals surface area contributed by atoms with Crippen LogP contribution in [0.4, 0.5) is 0 Å². The zero-order valence-electron chi connectivity index (χ0n) is 15.9. The van der Waals surface area contributed by atoms with Crippen LogP contribution in [0.1, 0.15) is 46.9 Å². The molecule has 6 nitrogen and oxygen atoms in total. The maximum Gasteiger partial charge on any atom is 0.343 e. The topological polar surface area (TPSA) is 71.1 Å². The molecule has 0 bridgehead atoms. The first kappa shape index (κ1) is 19.9. The van der Waals surface area contributed by atoms with E-state index in [-0.39, 0.29) is 12.7 Å². The third-order valence-electron chi connectivity index (χ3n) is 4.27. The van der Waals surface area contributed by atoms with Gasteiger partial charge in [0.05, 0.1) is 23.8 Å². The van der Waals surface area contributed by atoms with Crippen molar-refractivity contribution < 1.29 is 28.5 Å². The lowest BCUT2D eigenvalue weighted by Crippen LogP contribution is -2.17. The maximum absolute atomic E-state index is 12.3. The average molecular weight is 384 g/mol. The lowest BCUT2D eigenvalue weighted by atomic mass is 10.2. The minimum absolute atomic E-state index is 0.0127. The smallest absolute Gasteiger partial charge is 0.343 e. The Bertz CT molecular complexity index is 793. The number of hydrogen-bond donors (Lipinski definition) is 0. The molecule has 1 aliphatic rings. The van der Waals surface area contributed by atoms with Crippen LogP contribution in [0.15, 0.2) is 48.5 Å². The zero-order chi connectivity index (χ0) is 19.8. The Labute approximate surface area is 164 Å². The molecule has 0 spiro atoms. The molecule has 0 amide bonds. The maximum atomic E-state index is 12.3. The fourth-order valence-corrected chi connectivity index (χ4v) is 2.79. The summed E-state index contributed by atoms with van der Waals surface area (Å²) in [6, 6.07) is 13.1. The van der Waals surface area contributed by atoms with Crippen molar-refractivity contribution in [3.8, 4) is 11.5 Å². The highest BCUT2D eigenvalue weighted by Crippen LogP contribution is 2.19. The number of ether oxygens (including phenoxy) is 4. The standard InChI is InChI=1S/C22H24O6/c1-2-12-25-19-6-3-5-17(14-19)22(24)28-18-10-8-16(9-11-18)21(23)27-15-20-7-4-13-26-20/h3,5-6,8-11,14,20H,2,4,7,12-13,15H2,1H3. The van der Waals surface area contributed by atoms with Crippen LogP contribution in [-0.4, -0.2) is 37.9 Å². The molecule has 1 heterocycles. The van der Waals surface area contributed by atoms with E-state index in [2.05, 4.69) is 0 Å². The Morgan fingerprint density at radius 1 is 1.04 bits per heavy atom. The number of benzene rings is 2. The predicted octanol–water partition coefficient (Wildman–Crippen LogP) is 4.03. The Balaban J connectivity index is 1.54. The average Bonchev–Trinajstić information content (AvgIpc) is 3.25. The van der Waals surface area contributed by atoms with Crippen LogP contribution in [0, 0.1) is 0 Å². The zero-order valence-corrected chi connectivity index (χ0v) is 15.9. The Kier molecular flexibility index (Phi) is 7.03. The highest BCUT2D eigenvalue weighted by Gasteiger charge is 2.18. The molecule has 6 heteroatoms. The van der Waals surface area contributed by atoms with Crippen molar-refractivity contribution in [1.29, 1.82) is 0 Å². The fraction of sp³-hybridized carbons (Fsp3) is 0.364. The Hall–Kier alpha value is -2.86. The van der Waals surface area contributed by atoms with Gasteiger partial charge < -0.3 is 18.9 Å². The molecule has 1 aliphatic heterocycles. The van der Waals surface area contributed by atoms with Gasteiger partial charge in [-0.3, -0.25) is 0 Å². The third-order valence-corrected chi connectivity index (χ3v) is 4.27. The van der Waals surface area contributed by atoms with Gasteiger partial charge in [-0.2, -0.15) is 0 Å². The molecule has 1 fully saturated rings. The number of carbonyl (C=O) groups is 2. The normalized spacial score (nSPS) is 15.8. The molecule has 0 aromatic heterocycles. The molecule has 2 aromatic carbocycles. The van der Waals surface area contributed by atoms with Gasteiger partial charge in [-0.05, 0) is 61.7 Å². The van der Waals surface area contributed by atoms with Gasteiger partial charge in [0.15, 0.2) is 0 Å². The van der Waals surface area contributed by atoms with Crippen molar-refractivity contribution in [2.45, 2.75) is 32.3 Å². The lowest BCUT2D eigenvalue weighted by molar-refractivity contribution is 0.0161. The summed E-state index contributed by atoms with van der Waals surface area (Å²) in [7, 11) is 0. The largest absolute Gasteiger partial charge is 0.494 e. The van der Waals surface area contributed by atoms with Gasteiger partial charge in [0.1, 0.15) is 18.1 Å². The van der Waals surface area contributed by atoms with Crippen LogP contribution in [0.5, 0.6) is 11.5 Å². The van der Waals surface area contributed by atoms with Gasteiger partial charge >= 0.3 is 11.9 Å². The van der Waals surface area contributed by atoms with Gasteiger partial charge in [0, 0.05) is 6.61 Å². The van der Waals surface area contributed by atoms with Crippen LogP contribution in [-0.2, 0) is 9.47 Å². The first-order chi connectivity index (χ1) is 13.7. The second-order valence-electron chi connectivity index (χ2n) is 6.52. The molecule has 0 N–H and O–H groups in total. The molecule has 0 radical (unpaired) electrons. The molecule has 1 unspecified atom stereocenters. The van der Waals surface area contributed by atoms with Crippen LogP contribution < -0.4 is 9.47 Å². The summed E-state index contributed by atoms with van der Waals surface area (Å²) in [5.41, 5.74) is 0.793. The van der Waals surface area contributed by atoms with E-state index in [4.69, 9.17) is 18.9 Å². The fourth-order valence-electron chi connectivity index (χ4n) is 2.79. The van der Waals surface area contributed by atoms with E-state index in [1.807, 2.05) is 6.92 Å². The van der Waals surface area contributed by atoms with Crippen molar-refractivity contribution in [2.24, 2.45) is 0 Å². The van der Waals surface area contributed by atoms with Crippen LogP contribution in [0.2, 0.25) is 0 Å². The van der Waals surface area contributed by atoms with Gasteiger partial charge in [0.2, 0.25) is 0 Å². The van der Waals surface area contributed by atoms with Crippen LogP contribution in [0.3, 0.4) is 0 Å². The van der Waals surface area contributed by atoms with Gasteiger partial charge in [-0.25, -0.2) is 9.59 Å². The summed E-state index contributed by atoms with van der Waals surface area (Å²) in [4.78, 5) is 24.4. The SMILES string of the molecule is CCCOc1cccc(C(=O)Oc2ccc(C(=O)OCC3CCCO3)cc2)c1. The Morgan fingerprint density at radius 2 is 1.86 bits per heavy atom. The summed E-state index contributed by atoms with van der Waals surface area (Å²) in [5, 5.41) is 0. The molecular weight excluding hydrogens is 360 g/mol. The van der Waals surface area contributed by atoms with Crippen molar-refractivity contribution in [1.82, 2.24) is 0 Å². The van der Waals surface area contributed by atoms with Crippen LogP contribution >= 0.6 is 0 Å². The molecule has 1 saturated heterocycles. The molecule has 148 valence electrons. The molecule has 28 heavy (non-hydrogen) atoms. The summed E-state index contributed by atoms with van der Waals surface area (Å²) < 4.78 is 21.6. The van der Waals surface area contributed by atoms with Crippen molar-refractivity contribution in [3.63, 3.8) is 0 Å². The minimum Gasteiger partial charge on any atom is -0.494 e. The third kappa shape index (κ3) is 5.57. The van der Waals surface area contributed by atoms with Crippen LogP contribution in [0.25, 0.3) is 0 Å². The molecule has 0 saturated carbocycles. The van der Waals surface area contributed by atoms with E-state index in [1.165, 1.54) is 0 Å². The van der Waals surface area contributed by atoms with Gasteiger partial charge in [0.25, 0.3) is 0 Å². The highest BCUT2D eigenvalue weighted by atomic mass is 16.6. The number of esters is 2. The summed E-state index contributed by atoms with van der Waals surface area (Å²) in [5.74, 6) is 0.0611. The van der Waals surface area contributed by atoms with Gasteiger partial charge in [-0.15, -0.1) is 0 Å². The molecule has 1 atom stereocenters. The number of rotatable bonds is 8. The Morgan fingerprint density at radius 3 is 2.57 bits per heavy atom. The number of carbonyl (C=O) groups excluding carboxylic acids is 2. The quantitative estimate of drug-likeness (QED) is 0.505. The monoisotopic (exact) mass is 384 g/mol. The highest BCUT2D eigenvalue weighted by molar-refractivity contribution is 5.92. The summed E-state index contributed by atoms with van der Waals surface area (Å²) in [6.45, 7) is 3.57. The predicted molar refractivity (Wildman–Crippen MR) is 103 cm³/mol. The minimum atomic E-state index is -0.490. The molecule has 3 rings (SSSR count). The van der Waals surface area contributed by atoms with E-state index in [9.17, 15) is 9.59 Å². The summed E-state index contributed by atoms with van der Waals surface area (Å²) >= 11 is 0. The molecular formula is C22H24O6. The van der Waals surface area contributed by atoms with Gasteiger partial charge in [-0.1, -0.05) is 13.0 Å². The first-order valence-electron chi connectivity index (χ1n) is 9.49. The van der Waals surface area contributed by atoms with E-state index in [1.54, 1.807) is 48.5 Å². The molecule has 2 aromatic rings. The van der Waals surface area contributed by atoms with Crippen molar-refractivity contribution in [3.05, 3.63) is 59.7 Å². The van der Waals surface area contributed by atoms with E-state index < -0.39 is 11.9 Å². The second kappa shape index (κ2) is 9.90. The summed E-state index contributed by atoms with van der Waals surface area (Å²) in [6.07, 6.45) is 2.78. The van der Waals surface area contributed by atoms with E-state index >= 15 is 0 Å². The van der Waals surface area contributed by atoms with E-state index in [0.29, 0.717) is 29.2 Å². The van der Waals surface area contributed by atoms with Crippen molar-refractivity contribution in [2.75, 3.05) is 19.8 Å². The number of hydrogen-bond acceptors (Lipinski definition) is 6. The molecule has 0 aliphatic carbocycles.